The maximum Gasteiger partial charge on any atom is 0.247 e. The molecule has 188 valence electrons. The van der Waals surface area contributed by atoms with Crippen molar-refractivity contribution >= 4 is 17.5 Å². The molecule has 8 heteroatoms. The average molecular weight is 490 g/mol. The monoisotopic (exact) mass is 489 g/mol. The predicted octanol–water partition coefficient (Wildman–Crippen LogP) is 4.75. The Kier molecular flexibility index (Phi) is 6.85. The highest BCUT2D eigenvalue weighted by Gasteiger charge is 2.34. The highest BCUT2D eigenvalue weighted by molar-refractivity contribution is 5.98. The van der Waals surface area contributed by atoms with Crippen LogP contribution in [0.3, 0.4) is 0 Å². The van der Waals surface area contributed by atoms with Crippen LogP contribution < -0.4 is 5.32 Å². The van der Waals surface area contributed by atoms with Crippen molar-refractivity contribution in [1.29, 1.82) is 0 Å². The van der Waals surface area contributed by atoms with Gasteiger partial charge in [0.2, 0.25) is 11.8 Å². The maximum absolute atomic E-state index is 14.9. The molecular formula is C28H32FN5O2. The van der Waals surface area contributed by atoms with E-state index in [4.69, 9.17) is 0 Å². The fraction of sp³-hybridized carbons (Fsp3) is 0.429. The van der Waals surface area contributed by atoms with Crippen LogP contribution in [-0.4, -0.2) is 37.5 Å². The van der Waals surface area contributed by atoms with Crippen molar-refractivity contribution in [3.8, 4) is 11.4 Å². The molecule has 2 aliphatic heterocycles. The highest BCUT2D eigenvalue weighted by Crippen LogP contribution is 2.29. The summed E-state index contributed by atoms with van der Waals surface area (Å²) in [4.78, 5) is 28.3. The maximum atomic E-state index is 14.9. The first-order chi connectivity index (χ1) is 17.4. The number of amides is 2. The molecule has 0 radical (unpaired) electrons. The summed E-state index contributed by atoms with van der Waals surface area (Å²) in [5.74, 6) is 0.825. The lowest BCUT2D eigenvalue weighted by atomic mass is 9.92. The number of carbonyl (C=O) groups is 2. The van der Waals surface area contributed by atoms with Gasteiger partial charge in [-0.2, -0.15) is 0 Å². The average Bonchev–Trinajstić information content (AvgIpc) is 3.11. The Morgan fingerprint density at radius 3 is 2.69 bits per heavy atom. The zero-order chi connectivity index (χ0) is 25.2. The number of anilines is 1. The van der Waals surface area contributed by atoms with Crippen LogP contribution in [0.5, 0.6) is 0 Å². The fourth-order valence-corrected chi connectivity index (χ4v) is 5.17. The van der Waals surface area contributed by atoms with Crippen molar-refractivity contribution < 1.29 is 14.0 Å². The Morgan fingerprint density at radius 1 is 1.08 bits per heavy atom. The van der Waals surface area contributed by atoms with Gasteiger partial charge in [-0.25, -0.2) is 4.39 Å². The number of aromatic nitrogens is 3. The number of aryl methyl sites for hydroxylation is 1. The second-order valence-electron chi connectivity index (χ2n) is 10.2. The van der Waals surface area contributed by atoms with Gasteiger partial charge >= 0.3 is 0 Å². The number of fused-ring (bicyclic) bond motifs is 2. The van der Waals surface area contributed by atoms with E-state index in [1.807, 2.05) is 42.7 Å². The third-order valence-electron chi connectivity index (χ3n) is 7.04. The summed E-state index contributed by atoms with van der Waals surface area (Å²) in [5.41, 5.74) is 2.92. The summed E-state index contributed by atoms with van der Waals surface area (Å²) < 4.78 is 16.9. The van der Waals surface area contributed by atoms with Gasteiger partial charge in [0.25, 0.3) is 0 Å². The molecule has 1 unspecified atom stereocenters. The normalized spacial score (nSPS) is 17.3. The van der Waals surface area contributed by atoms with E-state index in [2.05, 4.69) is 15.5 Å². The van der Waals surface area contributed by atoms with Crippen molar-refractivity contribution in [2.24, 2.45) is 5.92 Å². The molecule has 5 rings (SSSR count). The van der Waals surface area contributed by atoms with Crippen molar-refractivity contribution in [2.45, 2.75) is 71.5 Å². The molecule has 1 N–H and O–H groups in total. The minimum atomic E-state index is -0.635. The summed E-state index contributed by atoms with van der Waals surface area (Å²) in [6.45, 7) is 5.15. The van der Waals surface area contributed by atoms with Crippen molar-refractivity contribution in [3.05, 3.63) is 65.2 Å². The van der Waals surface area contributed by atoms with Gasteiger partial charge < -0.3 is 14.8 Å². The standard InChI is InChI=1S/C28H32FN5O2/c1-18(2)14-26(35)34-17-20-9-6-5-8-19(20)15-24(34)28(36)30-21-11-12-23(29)22(16-21)27-32-31-25-10-4-3-7-13-33(25)27/h5-6,8-9,11-12,16,18,24H,3-4,7,10,13-15,17H2,1-2H3,(H,30,36). The van der Waals surface area contributed by atoms with Gasteiger partial charge in [0.15, 0.2) is 5.82 Å². The molecule has 0 saturated carbocycles. The summed E-state index contributed by atoms with van der Waals surface area (Å²) in [7, 11) is 0. The van der Waals surface area contributed by atoms with Crippen molar-refractivity contribution in [2.75, 3.05) is 5.32 Å². The second kappa shape index (κ2) is 10.2. The van der Waals surface area contributed by atoms with Crippen molar-refractivity contribution in [1.82, 2.24) is 19.7 Å². The molecule has 0 fully saturated rings. The molecule has 0 spiro atoms. The Morgan fingerprint density at radius 2 is 1.89 bits per heavy atom. The van der Waals surface area contributed by atoms with Crippen LogP contribution >= 0.6 is 0 Å². The molecule has 2 amide bonds. The number of rotatable bonds is 5. The van der Waals surface area contributed by atoms with Crippen LogP contribution in [-0.2, 0) is 35.5 Å². The summed E-state index contributed by atoms with van der Waals surface area (Å²) >= 11 is 0. The van der Waals surface area contributed by atoms with E-state index in [1.54, 1.807) is 17.0 Å². The Labute approximate surface area is 210 Å². The van der Waals surface area contributed by atoms with Gasteiger partial charge in [-0.3, -0.25) is 9.59 Å². The first kappa shape index (κ1) is 24.2. The smallest absolute Gasteiger partial charge is 0.247 e. The molecule has 7 nitrogen and oxygen atoms in total. The summed E-state index contributed by atoms with van der Waals surface area (Å²) in [6, 6.07) is 11.8. The van der Waals surface area contributed by atoms with Crippen molar-refractivity contribution in [3.63, 3.8) is 0 Å². The number of nitrogens with one attached hydrogen (secondary N) is 1. The van der Waals surface area contributed by atoms with Gasteiger partial charge in [0.1, 0.15) is 17.7 Å². The zero-order valence-electron chi connectivity index (χ0n) is 20.8. The lowest BCUT2D eigenvalue weighted by molar-refractivity contribution is -0.140. The number of carbonyl (C=O) groups excluding carboxylic acids is 2. The molecule has 3 aromatic rings. The van der Waals surface area contributed by atoms with E-state index >= 15 is 0 Å². The quantitative estimate of drug-likeness (QED) is 0.561. The van der Waals surface area contributed by atoms with Crippen LogP contribution in [0.25, 0.3) is 11.4 Å². The van der Waals surface area contributed by atoms with Crippen LogP contribution in [0.1, 0.15) is 56.5 Å². The van der Waals surface area contributed by atoms with Gasteiger partial charge in [0.05, 0.1) is 5.56 Å². The van der Waals surface area contributed by atoms with E-state index in [0.717, 1.165) is 49.2 Å². The molecule has 3 heterocycles. The topological polar surface area (TPSA) is 80.1 Å². The number of hydrogen-bond acceptors (Lipinski definition) is 4. The first-order valence-corrected chi connectivity index (χ1v) is 12.8. The summed E-state index contributed by atoms with van der Waals surface area (Å²) in [6.07, 6.45) is 4.81. The highest BCUT2D eigenvalue weighted by atomic mass is 19.1. The molecule has 0 saturated heterocycles. The molecule has 0 aliphatic carbocycles. The molecule has 1 atom stereocenters. The van der Waals surface area contributed by atoms with Crippen LogP contribution in [0.2, 0.25) is 0 Å². The lowest BCUT2D eigenvalue weighted by Crippen LogP contribution is -2.50. The second-order valence-corrected chi connectivity index (χ2v) is 10.2. The fourth-order valence-electron chi connectivity index (χ4n) is 5.17. The van der Waals surface area contributed by atoms with Crippen LogP contribution in [0.4, 0.5) is 10.1 Å². The zero-order valence-corrected chi connectivity index (χ0v) is 20.8. The SMILES string of the molecule is CC(C)CC(=O)N1Cc2ccccc2CC1C(=O)Nc1ccc(F)c(-c2nnc3n2CCCCC3)c1. The Balaban J connectivity index is 1.41. The number of hydrogen-bond donors (Lipinski definition) is 1. The van der Waals surface area contributed by atoms with Crippen LogP contribution in [0, 0.1) is 11.7 Å². The van der Waals surface area contributed by atoms with E-state index in [0.29, 0.717) is 36.5 Å². The molecule has 36 heavy (non-hydrogen) atoms. The van der Waals surface area contributed by atoms with E-state index in [1.165, 1.54) is 6.07 Å². The first-order valence-electron chi connectivity index (χ1n) is 12.8. The Hall–Kier alpha value is -3.55. The van der Waals surface area contributed by atoms with Gasteiger partial charge in [-0.05, 0) is 48.1 Å². The van der Waals surface area contributed by atoms with E-state index in [-0.39, 0.29) is 17.7 Å². The molecule has 1 aromatic heterocycles. The number of nitrogens with zero attached hydrogens (tertiary/aromatic N) is 4. The van der Waals surface area contributed by atoms with Gasteiger partial charge in [-0.1, -0.05) is 44.5 Å². The minimum absolute atomic E-state index is 0.0365. The summed E-state index contributed by atoms with van der Waals surface area (Å²) in [5, 5.41) is 11.5. The van der Waals surface area contributed by atoms with E-state index in [9.17, 15) is 14.0 Å². The third-order valence-corrected chi connectivity index (χ3v) is 7.04. The van der Waals surface area contributed by atoms with Gasteiger partial charge in [-0.15, -0.1) is 10.2 Å². The number of benzene rings is 2. The third kappa shape index (κ3) is 4.90. The predicted molar refractivity (Wildman–Crippen MR) is 136 cm³/mol. The van der Waals surface area contributed by atoms with Crippen LogP contribution in [0.15, 0.2) is 42.5 Å². The lowest BCUT2D eigenvalue weighted by Gasteiger charge is -2.36. The minimum Gasteiger partial charge on any atom is -0.326 e. The van der Waals surface area contributed by atoms with Gasteiger partial charge in [0, 0.05) is 38.0 Å². The molecule has 2 aliphatic rings. The molecular weight excluding hydrogens is 457 g/mol. The van der Waals surface area contributed by atoms with E-state index < -0.39 is 11.9 Å². The number of halogens is 1. The Bertz CT molecular complexity index is 1280. The molecule has 0 bridgehead atoms. The molecule has 2 aromatic carbocycles. The largest absolute Gasteiger partial charge is 0.326 e.